The number of carbonyl (C=O) groups is 2. The minimum Gasteiger partial charge on any atom is -0.352 e. The second-order valence-corrected chi connectivity index (χ2v) is 7.27. The predicted octanol–water partition coefficient (Wildman–Crippen LogP) is 2.95. The first kappa shape index (κ1) is 18.7. The van der Waals surface area contributed by atoms with E-state index in [4.69, 9.17) is 0 Å². The zero-order chi connectivity index (χ0) is 18.8. The standard InChI is InChI=1S/C19H26N4O2/c1-12-13(2)22-23(6)16(12)21-17(24)15-9-7-14(8-10-15)11-20-18(25)19(3,4)5/h7-10H,11H2,1-6H3,(H,20,25)(H,21,24). The van der Waals surface area contributed by atoms with Crippen molar-refractivity contribution >= 4 is 17.6 Å². The van der Waals surface area contributed by atoms with Crippen molar-refractivity contribution < 1.29 is 9.59 Å². The number of rotatable bonds is 4. The van der Waals surface area contributed by atoms with Crippen LogP contribution in [0.15, 0.2) is 24.3 Å². The molecule has 0 radical (unpaired) electrons. The number of aromatic nitrogens is 2. The summed E-state index contributed by atoms with van der Waals surface area (Å²) >= 11 is 0. The van der Waals surface area contributed by atoms with Crippen molar-refractivity contribution in [2.45, 2.75) is 41.2 Å². The molecule has 0 aliphatic carbocycles. The quantitative estimate of drug-likeness (QED) is 0.897. The van der Waals surface area contributed by atoms with Gasteiger partial charge in [-0.15, -0.1) is 0 Å². The monoisotopic (exact) mass is 342 g/mol. The third-order valence-corrected chi connectivity index (χ3v) is 4.10. The maximum atomic E-state index is 12.4. The van der Waals surface area contributed by atoms with E-state index in [0.29, 0.717) is 17.9 Å². The molecule has 0 aliphatic heterocycles. The van der Waals surface area contributed by atoms with Crippen molar-refractivity contribution in [1.82, 2.24) is 15.1 Å². The highest BCUT2D eigenvalue weighted by molar-refractivity contribution is 6.04. The average Bonchev–Trinajstić information content (AvgIpc) is 2.78. The second-order valence-electron chi connectivity index (χ2n) is 7.27. The van der Waals surface area contributed by atoms with Crippen LogP contribution in [0.25, 0.3) is 0 Å². The van der Waals surface area contributed by atoms with Gasteiger partial charge >= 0.3 is 0 Å². The van der Waals surface area contributed by atoms with E-state index in [-0.39, 0.29) is 11.8 Å². The zero-order valence-corrected chi connectivity index (χ0v) is 15.7. The molecule has 2 amide bonds. The van der Waals surface area contributed by atoms with E-state index in [1.54, 1.807) is 23.9 Å². The number of aryl methyl sites for hydroxylation is 2. The van der Waals surface area contributed by atoms with E-state index < -0.39 is 5.41 Å². The Morgan fingerprint density at radius 3 is 2.20 bits per heavy atom. The molecule has 0 unspecified atom stereocenters. The fourth-order valence-corrected chi connectivity index (χ4v) is 2.34. The Kier molecular flexibility index (Phi) is 5.30. The van der Waals surface area contributed by atoms with E-state index in [0.717, 1.165) is 16.8 Å². The Balaban J connectivity index is 2.02. The highest BCUT2D eigenvalue weighted by Gasteiger charge is 2.20. The van der Waals surface area contributed by atoms with Crippen LogP contribution in [-0.2, 0) is 18.4 Å². The van der Waals surface area contributed by atoms with Crippen LogP contribution >= 0.6 is 0 Å². The van der Waals surface area contributed by atoms with Crippen molar-refractivity contribution in [3.05, 3.63) is 46.6 Å². The molecule has 0 fully saturated rings. The summed E-state index contributed by atoms with van der Waals surface area (Å²) in [5.41, 5.74) is 2.94. The Labute approximate surface area is 148 Å². The van der Waals surface area contributed by atoms with Crippen LogP contribution in [0.1, 0.15) is 48.0 Å². The number of nitrogens with one attached hydrogen (secondary N) is 2. The first-order valence-electron chi connectivity index (χ1n) is 8.28. The van der Waals surface area contributed by atoms with Crippen LogP contribution in [0.4, 0.5) is 5.82 Å². The van der Waals surface area contributed by atoms with Gasteiger partial charge < -0.3 is 10.6 Å². The maximum Gasteiger partial charge on any atom is 0.256 e. The lowest BCUT2D eigenvalue weighted by Gasteiger charge is -2.17. The minimum atomic E-state index is -0.418. The summed E-state index contributed by atoms with van der Waals surface area (Å²) in [6.07, 6.45) is 0. The van der Waals surface area contributed by atoms with Crippen LogP contribution in [0, 0.1) is 19.3 Å². The van der Waals surface area contributed by atoms with Gasteiger partial charge in [-0.05, 0) is 31.5 Å². The third kappa shape index (κ3) is 4.47. The molecule has 0 saturated carbocycles. The van der Waals surface area contributed by atoms with Gasteiger partial charge in [-0.2, -0.15) is 5.10 Å². The fourth-order valence-electron chi connectivity index (χ4n) is 2.34. The Morgan fingerprint density at radius 1 is 1.12 bits per heavy atom. The van der Waals surface area contributed by atoms with Gasteiger partial charge in [-0.1, -0.05) is 32.9 Å². The topological polar surface area (TPSA) is 76.0 Å². The van der Waals surface area contributed by atoms with Gasteiger partial charge in [0.1, 0.15) is 5.82 Å². The zero-order valence-electron chi connectivity index (χ0n) is 15.7. The maximum absolute atomic E-state index is 12.4. The number of carbonyl (C=O) groups excluding carboxylic acids is 2. The molecule has 1 heterocycles. The molecule has 6 heteroatoms. The van der Waals surface area contributed by atoms with Gasteiger partial charge in [0.05, 0.1) is 5.69 Å². The molecule has 25 heavy (non-hydrogen) atoms. The van der Waals surface area contributed by atoms with Crippen molar-refractivity contribution in [3.8, 4) is 0 Å². The largest absolute Gasteiger partial charge is 0.352 e. The third-order valence-electron chi connectivity index (χ3n) is 4.10. The summed E-state index contributed by atoms with van der Waals surface area (Å²) in [6.45, 7) is 9.90. The smallest absolute Gasteiger partial charge is 0.256 e. The molecule has 0 aliphatic rings. The van der Waals surface area contributed by atoms with Gasteiger partial charge in [-0.3, -0.25) is 14.3 Å². The van der Waals surface area contributed by atoms with Crippen LogP contribution in [0.3, 0.4) is 0 Å². The summed E-state index contributed by atoms with van der Waals surface area (Å²) in [7, 11) is 1.80. The molecular weight excluding hydrogens is 316 g/mol. The van der Waals surface area contributed by atoms with Crippen LogP contribution in [0.2, 0.25) is 0 Å². The summed E-state index contributed by atoms with van der Waals surface area (Å²) in [6, 6.07) is 7.21. The average molecular weight is 342 g/mol. The van der Waals surface area contributed by atoms with Crippen molar-refractivity contribution in [1.29, 1.82) is 0 Å². The van der Waals surface area contributed by atoms with Gasteiger partial charge in [-0.25, -0.2) is 0 Å². The number of benzene rings is 1. The summed E-state index contributed by atoms with van der Waals surface area (Å²) in [5.74, 6) is 0.511. The van der Waals surface area contributed by atoms with Crippen LogP contribution in [-0.4, -0.2) is 21.6 Å². The van der Waals surface area contributed by atoms with Crippen molar-refractivity contribution in [3.63, 3.8) is 0 Å². The number of amides is 2. The second kappa shape index (κ2) is 7.09. The molecular formula is C19H26N4O2. The lowest BCUT2D eigenvalue weighted by atomic mass is 9.95. The first-order valence-corrected chi connectivity index (χ1v) is 8.28. The van der Waals surface area contributed by atoms with Crippen molar-refractivity contribution in [2.75, 3.05) is 5.32 Å². The number of hydrogen-bond donors (Lipinski definition) is 2. The lowest BCUT2D eigenvalue weighted by Crippen LogP contribution is -2.34. The molecule has 0 saturated heterocycles. The summed E-state index contributed by atoms with van der Waals surface area (Å²) in [4.78, 5) is 24.3. The van der Waals surface area contributed by atoms with E-state index >= 15 is 0 Å². The molecule has 1 aromatic heterocycles. The normalized spacial score (nSPS) is 11.3. The Morgan fingerprint density at radius 2 is 1.72 bits per heavy atom. The summed E-state index contributed by atoms with van der Waals surface area (Å²) in [5, 5.41) is 10.1. The number of hydrogen-bond acceptors (Lipinski definition) is 3. The van der Waals surface area contributed by atoms with Crippen LogP contribution < -0.4 is 10.6 Å². The molecule has 1 aromatic carbocycles. The fraction of sp³-hybridized carbons (Fsp3) is 0.421. The van der Waals surface area contributed by atoms with Gasteiger partial charge in [0.25, 0.3) is 5.91 Å². The molecule has 6 nitrogen and oxygen atoms in total. The molecule has 134 valence electrons. The molecule has 0 bridgehead atoms. The van der Waals surface area contributed by atoms with Gasteiger partial charge in [0.2, 0.25) is 5.91 Å². The van der Waals surface area contributed by atoms with E-state index in [9.17, 15) is 9.59 Å². The molecule has 2 N–H and O–H groups in total. The highest BCUT2D eigenvalue weighted by Crippen LogP contribution is 2.18. The molecule has 2 rings (SSSR count). The Bertz CT molecular complexity index is 783. The lowest BCUT2D eigenvalue weighted by molar-refractivity contribution is -0.128. The van der Waals surface area contributed by atoms with E-state index in [1.165, 1.54) is 0 Å². The van der Waals surface area contributed by atoms with Gasteiger partial charge in [0, 0.05) is 30.1 Å². The molecule has 0 spiro atoms. The minimum absolute atomic E-state index is 0.00336. The van der Waals surface area contributed by atoms with Gasteiger partial charge in [0.15, 0.2) is 0 Å². The number of nitrogens with zero attached hydrogens (tertiary/aromatic N) is 2. The SMILES string of the molecule is Cc1nn(C)c(NC(=O)c2ccc(CNC(=O)C(C)(C)C)cc2)c1C. The predicted molar refractivity (Wildman–Crippen MR) is 98.4 cm³/mol. The van der Waals surface area contributed by atoms with E-state index in [1.807, 2.05) is 46.8 Å². The van der Waals surface area contributed by atoms with Crippen LogP contribution in [0.5, 0.6) is 0 Å². The Hall–Kier alpha value is -2.63. The summed E-state index contributed by atoms with van der Waals surface area (Å²) < 4.78 is 1.67. The molecule has 2 aromatic rings. The first-order chi connectivity index (χ1) is 11.6. The van der Waals surface area contributed by atoms with Crippen molar-refractivity contribution in [2.24, 2.45) is 12.5 Å². The number of anilines is 1. The highest BCUT2D eigenvalue weighted by atomic mass is 16.2. The molecule has 0 atom stereocenters. The van der Waals surface area contributed by atoms with E-state index in [2.05, 4.69) is 15.7 Å².